The van der Waals surface area contributed by atoms with Crippen LogP contribution in [0.4, 0.5) is 0 Å². The number of ether oxygens (including phenoxy) is 4. The molecule has 2 aromatic carbocycles. The van der Waals surface area contributed by atoms with Gasteiger partial charge in [-0.3, -0.25) is 0 Å². The Morgan fingerprint density at radius 1 is 0.640 bits per heavy atom. The van der Waals surface area contributed by atoms with Crippen LogP contribution in [0, 0.1) is 0 Å². The molecule has 3 aliphatic rings. The molecular weight excluding hydrogens is 318 g/mol. The molecule has 130 valence electrons. The lowest BCUT2D eigenvalue weighted by Crippen LogP contribution is -2.47. The van der Waals surface area contributed by atoms with Gasteiger partial charge >= 0.3 is 0 Å². The van der Waals surface area contributed by atoms with Crippen molar-refractivity contribution in [2.75, 3.05) is 13.2 Å². The molecule has 0 saturated carbocycles. The highest BCUT2D eigenvalue weighted by atomic mass is 16.7. The van der Waals surface area contributed by atoms with Crippen molar-refractivity contribution in [2.45, 2.75) is 36.9 Å². The van der Waals surface area contributed by atoms with Gasteiger partial charge in [-0.2, -0.15) is 0 Å². The highest BCUT2D eigenvalue weighted by Gasteiger charge is 2.51. The summed E-state index contributed by atoms with van der Waals surface area (Å²) < 4.78 is 24.4. The number of fused-ring (bicyclic) bond motifs is 3. The second kappa shape index (κ2) is 6.52. The van der Waals surface area contributed by atoms with Crippen LogP contribution in [0.25, 0.3) is 0 Å². The van der Waals surface area contributed by atoms with Crippen molar-refractivity contribution in [2.24, 2.45) is 0 Å². The van der Waals surface area contributed by atoms with Crippen molar-refractivity contribution in [3.05, 3.63) is 71.8 Å². The maximum absolute atomic E-state index is 6.28. The summed E-state index contributed by atoms with van der Waals surface area (Å²) in [6.07, 6.45) is -0.771. The zero-order chi connectivity index (χ0) is 16.6. The topological polar surface area (TPSA) is 49.0 Å². The smallest absolute Gasteiger partial charge is 0.184 e. The molecule has 3 fully saturated rings. The second-order valence-electron chi connectivity index (χ2n) is 6.73. The molecular formula is C20H21NO4. The van der Waals surface area contributed by atoms with Crippen molar-refractivity contribution in [1.29, 1.82) is 0 Å². The maximum Gasteiger partial charge on any atom is 0.184 e. The minimum atomic E-state index is -0.343. The lowest BCUT2D eigenvalue weighted by Gasteiger charge is -2.37. The Balaban J connectivity index is 1.34. The summed E-state index contributed by atoms with van der Waals surface area (Å²) in [6, 6.07) is 20.4. The second-order valence-corrected chi connectivity index (χ2v) is 6.73. The van der Waals surface area contributed by atoms with Crippen molar-refractivity contribution in [1.82, 2.24) is 5.32 Å². The van der Waals surface area contributed by atoms with Crippen LogP contribution < -0.4 is 5.32 Å². The van der Waals surface area contributed by atoms with Crippen molar-refractivity contribution >= 4 is 0 Å². The van der Waals surface area contributed by atoms with E-state index in [9.17, 15) is 0 Å². The lowest BCUT2D eigenvalue weighted by molar-refractivity contribution is -0.278. The van der Waals surface area contributed by atoms with E-state index < -0.39 is 0 Å². The highest BCUT2D eigenvalue weighted by molar-refractivity contribution is 5.19. The van der Waals surface area contributed by atoms with E-state index in [1.807, 2.05) is 60.7 Å². The molecule has 3 aliphatic heterocycles. The number of hydrogen-bond acceptors (Lipinski definition) is 5. The van der Waals surface area contributed by atoms with Gasteiger partial charge in [0.25, 0.3) is 0 Å². The molecule has 1 N–H and O–H groups in total. The first-order valence-corrected chi connectivity index (χ1v) is 8.78. The fraction of sp³-hybridized carbons (Fsp3) is 0.400. The van der Waals surface area contributed by atoms with Crippen LogP contribution in [0.3, 0.4) is 0 Å². The normalized spacial score (nSPS) is 37.3. The van der Waals surface area contributed by atoms with E-state index in [-0.39, 0.29) is 36.9 Å². The Labute approximate surface area is 146 Å². The highest BCUT2D eigenvalue weighted by Crippen LogP contribution is 2.38. The molecule has 0 amide bonds. The first-order valence-electron chi connectivity index (χ1n) is 8.78. The maximum atomic E-state index is 6.28. The average molecular weight is 339 g/mol. The summed E-state index contributed by atoms with van der Waals surface area (Å²) in [7, 11) is 0. The molecule has 5 rings (SSSR count). The molecule has 0 radical (unpaired) electrons. The SMILES string of the molecule is c1ccc(C2OC[C@@H]3N[C@H]4COC(c5ccccc5)O[C@H]4[C@@H]3O2)cc1. The van der Waals surface area contributed by atoms with Gasteiger partial charge in [-0.25, -0.2) is 0 Å². The summed E-state index contributed by atoms with van der Waals surface area (Å²) >= 11 is 0. The Kier molecular flexibility index (Phi) is 4.04. The molecule has 6 atom stereocenters. The minimum Gasteiger partial charge on any atom is -0.347 e. The summed E-state index contributed by atoms with van der Waals surface area (Å²) in [5.41, 5.74) is 2.08. The summed E-state index contributed by atoms with van der Waals surface area (Å²) in [6.45, 7) is 1.22. The summed E-state index contributed by atoms with van der Waals surface area (Å²) in [4.78, 5) is 0. The minimum absolute atomic E-state index is 0.0425. The molecule has 0 aromatic heterocycles. The van der Waals surface area contributed by atoms with Crippen LogP contribution in [0.5, 0.6) is 0 Å². The lowest BCUT2D eigenvalue weighted by atomic mass is 10.0. The molecule has 2 aromatic rings. The van der Waals surface area contributed by atoms with Gasteiger partial charge < -0.3 is 24.3 Å². The molecule has 25 heavy (non-hydrogen) atoms. The molecule has 5 nitrogen and oxygen atoms in total. The van der Waals surface area contributed by atoms with Crippen LogP contribution in [-0.4, -0.2) is 37.5 Å². The van der Waals surface area contributed by atoms with Gasteiger partial charge in [-0.1, -0.05) is 60.7 Å². The van der Waals surface area contributed by atoms with Crippen LogP contribution in [0.2, 0.25) is 0 Å². The first kappa shape index (κ1) is 15.5. The molecule has 3 heterocycles. The quantitative estimate of drug-likeness (QED) is 0.911. The zero-order valence-electron chi connectivity index (χ0n) is 13.8. The third-order valence-electron chi connectivity index (χ3n) is 5.10. The van der Waals surface area contributed by atoms with Gasteiger partial charge in [-0.05, 0) is 0 Å². The van der Waals surface area contributed by atoms with E-state index in [1.54, 1.807) is 0 Å². The number of benzene rings is 2. The predicted molar refractivity (Wildman–Crippen MR) is 90.7 cm³/mol. The molecule has 0 spiro atoms. The van der Waals surface area contributed by atoms with Crippen LogP contribution in [0.15, 0.2) is 60.7 Å². The fourth-order valence-corrected chi connectivity index (χ4v) is 3.87. The van der Waals surface area contributed by atoms with Crippen LogP contribution in [0.1, 0.15) is 23.7 Å². The molecule has 0 aliphatic carbocycles. The number of nitrogens with one attached hydrogen (secondary N) is 1. The Bertz CT molecular complexity index is 649. The van der Waals surface area contributed by atoms with E-state index in [2.05, 4.69) is 5.32 Å². The van der Waals surface area contributed by atoms with Gasteiger partial charge in [0.2, 0.25) is 0 Å². The monoisotopic (exact) mass is 339 g/mol. The number of rotatable bonds is 2. The van der Waals surface area contributed by atoms with E-state index in [0.29, 0.717) is 13.2 Å². The van der Waals surface area contributed by atoms with Gasteiger partial charge in [0.05, 0.1) is 25.3 Å². The third kappa shape index (κ3) is 2.88. The third-order valence-corrected chi connectivity index (χ3v) is 5.10. The van der Waals surface area contributed by atoms with Gasteiger partial charge in [-0.15, -0.1) is 0 Å². The fourth-order valence-electron chi connectivity index (χ4n) is 3.87. The van der Waals surface area contributed by atoms with Crippen LogP contribution in [-0.2, 0) is 18.9 Å². The predicted octanol–water partition coefficient (Wildman–Crippen LogP) is 2.56. The molecule has 0 bridgehead atoms. The standard InChI is InChI=1S/C20H21NO4/c1-3-7-13(8-4-1)19-22-11-15-17(24-19)18-16(21-15)12-23-20(25-18)14-9-5-2-6-10-14/h1-10,15-21H,11-12H2/t15-,16-,17+,18+,19?,20?/m0/s1. The van der Waals surface area contributed by atoms with Crippen LogP contribution >= 0.6 is 0 Å². The van der Waals surface area contributed by atoms with E-state index in [1.165, 1.54) is 0 Å². The first-order chi connectivity index (χ1) is 12.4. The van der Waals surface area contributed by atoms with E-state index in [4.69, 9.17) is 18.9 Å². The molecule has 5 heteroatoms. The molecule has 2 unspecified atom stereocenters. The van der Waals surface area contributed by atoms with Gasteiger partial charge in [0.1, 0.15) is 12.2 Å². The molecule has 3 saturated heterocycles. The van der Waals surface area contributed by atoms with Crippen molar-refractivity contribution in [3.8, 4) is 0 Å². The van der Waals surface area contributed by atoms with Crippen molar-refractivity contribution in [3.63, 3.8) is 0 Å². The van der Waals surface area contributed by atoms with Gasteiger partial charge in [0.15, 0.2) is 12.6 Å². The Hall–Kier alpha value is -1.76. The average Bonchev–Trinajstić information content (AvgIpc) is 3.06. The largest absolute Gasteiger partial charge is 0.347 e. The van der Waals surface area contributed by atoms with Crippen molar-refractivity contribution < 1.29 is 18.9 Å². The summed E-state index contributed by atoms with van der Waals surface area (Å²) in [5, 5.41) is 3.54. The Morgan fingerprint density at radius 2 is 1.08 bits per heavy atom. The zero-order valence-corrected chi connectivity index (χ0v) is 13.8. The summed E-state index contributed by atoms with van der Waals surface area (Å²) in [5.74, 6) is 0. The Morgan fingerprint density at radius 3 is 1.52 bits per heavy atom. The van der Waals surface area contributed by atoms with E-state index >= 15 is 0 Å². The number of hydrogen-bond donors (Lipinski definition) is 1. The van der Waals surface area contributed by atoms with E-state index in [0.717, 1.165) is 11.1 Å². The van der Waals surface area contributed by atoms with Gasteiger partial charge in [0, 0.05) is 11.1 Å².